The third-order valence-corrected chi connectivity index (χ3v) is 3.52. The molecule has 0 heterocycles. The summed E-state index contributed by atoms with van der Waals surface area (Å²) in [7, 11) is 0. The second kappa shape index (κ2) is 7.27. The summed E-state index contributed by atoms with van der Waals surface area (Å²) in [5.41, 5.74) is 1.96. The number of para-hydroxylation sites is 1. The number of amides is 1. The number of benzene rings is 2. The van der Waals surface area contributed by atoms with Crippen molar-refractivity contribution in [2.45, 2.75) is 19.8 Å². The Morgan fingerprint density at radius 2 is 1.95 bits per heavy atom. The molecule has 110 valence electrons. The van der Waals surface area contributed by atoms with Gasteiger partial charge in [0.05, 0.1) is 0 Å². The minimum Gasteiger partial charge on any atom is -0.484 e. The lowest BCUT2D eigenvalue weighted by Gasteiger charge is -2.14. The van der Waals surface area contributed by atoms with Crippen molar-refractivity contribution >= 4 is 27.5 Å². The van der Waals surface area contributed by atoms with E-state index in [9.17, 15) is 4.79 Å². The van der Waals surface area contributed by atoms with Gasteiger partial charge in [0.25, 0.3) is 5.91 Å². The molecular weight excluding hydrogens is 330 g/mol. The zero-order valence-electron chi connectivity index (χ0n) is 12.1. The van der Waals surface area contributed by atoms with Crippen molar-refractivity contribution in [3.8, 4) is 5.75 Å². The van der Waals surface area contributed by atoms with Crippen LogP contribution >= 0.6 is 15.9 Å². The van der Waals surface area contributed by atoms with E-state index in [0.29, 0.717) is 11.7 Å². The van der Waals surface area contributed by atoms with Crippen molar-refractivity contribution in [1.29, 1.82) is 0 Å². The standard InChI is InChI=1S/C17H18BrNO2/c1-12(2)15-8-3-4-9-16(15)19-17(20)11-21-14-7-5-6-13(18)10-14/h3-10,12H,11H2,1-2H3,(H,19,20). The van der Waals surface area contributed by atoms with Gasteiger partial charge in [-0.15, -0.1) is 0 Å². The van der Waals surface area contributed by atoms with Gasteiger partial charge in [0, 0.05) is 10.2 Å². The molecule has 21 heavy (non-hydrogen) atoms. The lowest BCUT2D eigenvalue weighted by molar-refractivity contribution is -0.118. The first-order valence-electron chi connectivity index (χ1n) is 6.83. The zero-order chi connectivity index (χ0) is 15.2. The summed E-state index contributed by atoms with van der Waals surface area (Å²) >= 11 is 3.37. The number of nitrogens with one attached hydrogen (secondary N) is 1. The van der Waals surface area contributed by atoms with Gasteiger partial charge in [0.2, 0.25) is 0 Å². The normalized spacial score (nSPS) is 10.5. The van der Waals surface area contributed by atoms with E-state index in [1.54, 1.807) is 0 Å². The van der Waals surface area contributed by atoms with E-state index in [0.717, 1.165) is 15.7 Å². The second-order valence-corrected chi connectivity index (χ2v) is 5.95. The highest BCUT2D eigenvalue weighted by Gasteiger charge is 2.09. The zero-order valence-corrected chi connectivity index (χ0v) is 13.7. The average molecular weight is 348 g/mol. The number of ether oxygens (including phenoxy) is 1. The van der Waals surface area contributed by atoms with Crippen LogP contribution in [0.4, 0.5) is 5.69 Å². The monoisotopic (exact) mass is 347 g/mol. The molecule has 0 bridgehead atoms. The minimum absolute atomic E-state index is 0.0110. The molecule has 0 fully saturated rings. The third-order valence-electron chi connectivity index (χ3n) is 3.02. The molecule has 1 N–H and O–H groups in total. The predicted octanol–water partition coefficient (Wildman–Crippen LogP) is 4.59. The van der Waals surface area contributed by atoms with Crippen LogP contribution < -0.4 is 10.1 Å². The molecule has 0 spiro atoms. The van der Waals surface area contributed by atoms with Crippen LogP contribution in [0.15, 0.2) is 53.0 Å². The Bertz CT molecular complexity index is 626. The highest BCUT2D eigenvalue weighted by atomic mass is 79.9. The molecule has 3 nitrogen and oxygen atoms in total. The Morgan fingerprint density at radius 1 is 1.19 bits per heavy atom. The molecule has 1 amide bonds. The molecule has 0 saturated heterocycles. The topological polar surface area (TPSA) is 38.3 Å². The van der Waals surface area contributed by atoms with Gasteiger partial charge >= 0.3 is 0 Å². The maximum atomic E-state index is 12.0. The molecule has 2 aromatic carbocycles. The SMILES string of the molecule is CC(C)c1ccccc1NC(=O)COc1cccc(Br)c1. The van der Waals surface area contributed by atoms with E-state index in [1.807, 2.05) is 48.5 Å². The Hall–Kier alpha value is -1.81. The van der Waals surface area contributed by atoms with Gasteiger partial charge in [-0.3, -0.25) is 4.79 Å². The number of halogens is 1. The van der Waals surface area contributed by atoms with Crippen molar-refractivity contribution in [3.63, 3.8) is 0 Å². The van der Waals surface area contributed by atoms with Crippen LogP contribution in [0.1, 0.15) is 25.3 Å². The largest absolute Gasteiger partial charge is 0.484 e. The Labute approximate surface area is 133 Å². The van der Waals surface area contributed by atoms with Crippen LogP contribution in [0.25, 0.3) is 0 Å². The van der Waals surface area contributed by atoms with Gasteiger partial charge in [0.1, 0.15) is 5.75 Å². The molecule has 4 heteroatoms. The Morgan fingerprint density at radius 3 is 2.67 bits per heavy atom. The fraction of sp³-hybridized carbons (Fsp3) is 0.235. The van der Waals surface area contributed by atoms with Crippen molar-refractivity contribution in [2.24, 2.45) is 0 Å². The van der Waals surface area contributed by atoms with Crippen LogP contribution in [0.3, 0.4) is 0 Å². The summed E-state index contributed by atoms with van der Waals surface area (Å²) in [4.78, 5) is 12.0. The number of carbonyl (C=O) groups is 1. The molecule has 0 aliphatic carbocycles. The highest BCUT2D eigenvalue weighted by molar-refractivity contribution is 9.10. The summed E-state index contributed by atoms with van der Waals surface area (Å²) in [6.07, 6.45) is 0. The van der Waals surface area contributed by atoms with Crippen molar-refractivity contribution in [1.82, 2.24) is 0 Å². The van der Waals surface area contributed by atoms with Crippen LogP contribution in [-0.4, -0.2) is 12.5 Å². The maximum Gasteiger partial charge on any atom is 0.262 e. The van der Waals surface area contributed by atoms with Gasteiger partial charge in [-0.05, 0) is 35.7 Å². The van der Waals surface area contributed by atoms with E-state index < -0.39 is 0 Å². The second-order valence-electron chi connectivity index (χ2n) is 5.04. The highest BCUT2D eigenvalue weighted by Crippen LogP contribution is 2.23. The van der Waals surface area contributed by atoms with E-state index in [1.165, 1.54) is 0 Å². The first-order valence-corrected chi connectivity index (χ1v) is 7.62. The molecule has 0 radical (unpaired) electrons. The molecule has 0 aromatic heterocycles. The van der Waals surface area contributed by atoms with Crippen molar-refractivity contribution < 1.29 is 9.53 Å². The molecular formula is C17H18BrNO2. The molecule has 2 aromatic rings. The number of rotatable bonds is 5. The van der Waals surface area contributed by atoms with E-state index in [-0.39, 0.29) is 12.5 Å². The molecule has 0 unspecified atom stereocenters. The van der Waals surface area contributed by atoms with E-state index >= 15 is 0 Å². The molecule has 0 aliphatic rings. The summed E-state index contributed by atoms with van der Waals surface area (Å²) in [5.74, 6) is 0.854. The summed E-state index contributed by atoms with van der Waals surface area (Å²) in [6.45, 7) is 4.19. The van der Waals surface area contributed by atoms with Crippen LogP contribution in [0.5, 0.6) is 5.75 Å². The molecule has 0 aliphatic heterocycles. The van der Waals surface area contributed by atoms with Crippen LogP contribution in [0, 0.1) is 0 Å². The maximum absolute atomic E-state index is 12.0. The summed E-state index contributed by atoms with van der Waals surface area (Å²) in [6, 6.07) is 15.2. The number of carbonyl (C=O) groups excluding carboxylic acids is 1. The molecule has 0 saturated carbocycles. The van der Waals surface area contributed by atoms with Gasteiger partial charge in [-0.2, -0.15) is 0 Å². The Balaban J connectivity index is 1.96. The van der Waals surface area contributed by atoms with Gasteiger partial charge < -0.3 is 10.1 Å². The molecule has 2 rings (SSSR count). The van der Waals surface area contributed by atoms with Gasteiger partial charge in [-0.25, -0.2) is 0 Å². The van der Waals surface area contributed by atoms with Gasteiger partial charge in [0.15, 0.2) is 6.61 Å². The summed E-state index contributed by atoms with van der Waals surface area (Å²) in [5, 5.41) is 2.90. The van der Waals surface area contributed by atoms with Crippen molar-refractivity contribution in [2.75, 3.05) is 11.9 Å². The first-order chi connectivity index (χ1) is 10.1. The van der Waals surface area contributed by atoms with Gasteiger partial charge in [-0.1, -0.05) is 54.0 Å². The number of hydrogen-bond acceptors (Lipinski definition) is 2. The Kier molecular flexibility index (Phi) is 5.39. The fourth-order valence-corrected chi connectivity index (χ4v) is 2.38. The van der Waals surface area contributed by atoms with E-state index in [2.05, 4.69) is 35.1 Å². The minimum atomic E-state index is -0.164. The van der Waals surface area contributed by atoms with Crippen molar-refractivity contribution in [3.05, 3.63) is 58.6 Å². The van der Waals surface area contributed by atoms with E-state index in [4.69, 9.17) is 4.74 Å². The average Bonchev–Trinajstić information content (AvgIpc) is 2.45. The van der Waals surface area contributed by atoms with Crippen LogP contribution in [-0.2, 0) is 4.79 Å². The van der Waals surface area contributed by atoms with Crippen LogP contribution in [0.2, 0.25) is 0 Å². The lowest BCUT2D eigenvalue weighted by Crippen LogP contribution is -2.21. The number of hydrogen-bond donors (Lipinski definition) is 1. The third kappa shape index (κ3) is 4.60. The fourth-order valence-electron chi connectivity index (χ4n) is 2.01. The number of anilines is 1. The smallest absolute Gasteiger partial charge is 0.262 e. The summed E-state index contributed by atoms with van der Waals surface area (Å²) < 4.78 is 6.40. The first kappa shape index (κ1) is 15.6. The lowest BCUT2D eigenvalue weighted by atomic mass is 10.0. The predicted molar refractivity (Wildman–Crippen MR) is 88.8 cm³/mol. The molecule has 0 atom stereocenters. The quantitative estimate of drug-likeness (QED) is 0.858.